The summed E-state index contributed by atoms with van der Waals surface area (Å²) in [7, 11) is 0. The standard InChI is InChI=1S/C14H16FN3.ClH/c15-12-3-1-2-11-13(6-9-17-14(11)12)18-10-4-7-16-8-5-10;/h1-3,6,9-10,16H,4-5,7-8H2,(H,17,18);1H. The lowest BCUT2D eigenvalue weighted by Crippen LogP contribution is -2.35. The molecule has 0 spiro atoms. The average molecular weight is 282 g/mol. The zero-order chi connectivity index (χ0) is 12.4. The molecule has 0 unspecified atom stereocenters. The lowest BCUT2D eigenvalue weighted by Gasteiger charge is -2.25. The van der Waals surface area contributed by atoms with Crippen molar-refractivity contribution >= 4 is 29.0 Å². The third-order valence-corrected chi connectivity index (χ3v) is 3.42. The van der Waals surface area contributed by atoms with Crippen molar-refractivity contribution in [2.24, 2.45) is 0 Å². The predicted octanol–water partition coefficient (Wildman–Crippen LogP) is 2.96. The van der Waals surface area contributed by atoms with E-state index >= 15 is 0 Å². The molecule has 3 nitrogen and oxygen atoms in total. The lowest BCUT2D eigenvalue weighted by molar-refractivity contribution is 0.479. The Bertz CT molecular complexity index is 555. The number of rotatable bonds is 2. The minimum Gasteiger partial charge on any atom is -0.382 e. The van der Waals surface area contributed by atoms with E-state index in [0.717, 1.165) is 37.0 Å². The molecule has 2 N–H and O–H groups in total. The number of nitrogens with zero attached hydrogens (tertiary/aromatic N) is 1. The molecule has 5 heteroatoms. The molecular weight excluding hydrogens is 265 g/mol. The Balaban J connectivity index is 0.00000133. The molecule has 102 valence electrons. The summed E-state index contributed by atoms with van der Waals surface area (Å²) in [4.78, 5) is 4.11. The van der Waals surface area contributed by atoms with Gasteiger partial charge in [0.1, 0.15) is 11.3 Å². The van der Waals surface area contributed by atoms with Crippen LogP contribution in [-0.4, -0.2) is 24.1 Å². The van der Waals surface area contributed by atoms with Gasteiger partial charge in [0.2, 0.25) is 0 Å². The van der Waals surface area contributed by atoms with Crippen LogP contribution >= 0.6 is 12.4 Å². The first-order chi connectivity index (χ1) is 8.84. The minimum absolute atomic E-state index is 0. The van der Waals surface area contributed by atoms with Crippen molar-refractivity contribution in [1.82, 2.24) is 10.3 Å². The van der Waals surface area contributed by atoms with Crippen LogP contribution in [0.3, 0.4) is 0 Å². The van der Waals surface area contributed by atoms with E-state index in [9.17, 15) is 4.39 Å². The molecule has 1 saturated heterocycles. The van der Waals surface area contributed by atoms with Gasteiger partial charge in [-0.1, -0.05) is 12.1 Å². The normalized spacial score (nSPS) is 16.1. The summed E-state index contributed by atoms with van der Waals surface area (Å²) in [6, 6.07) is 7.47. The van der Waals surface area contributed by atoms with Crippen LogP contribution in [0.2, 0.25) is 0 Å². The SMILES string of the molecule is Cl.Fc1cccc2c(NC3CCNCC3)ccnc12. The number of aromatic nitrogens is 1. The van der Waals surface area contributed by atoms with Gasteiger partial charge in [0.25, 0.3) is 0 Å². The monoisotopic (exact) mass is 281 g/mol. The van der Waals surface area contributed by atoms with Crippen LogP contribution in [0.4, 0.5) is 10.1 Å². The molecule has 19 heavy (non-hydrogen) atoms. The van der Waals surface area contributed by atoms with Crippen molar-refractivity contribution in [2.45, 2.75) is 18.9 Å². The molecule has 2 aromatic rings. The van der Waals surface area contributed by atoms with Gasteiger partial charge in [0.15, 0.2) is 0 Å². The van der Waals surface area contributed by atoms with Gasteiger partial charge in [-0.25, -0.2) is 4.39 Å². The maximum Gasteiger partial charge on any atom is 0.149 e. The number of nitrogens with one attached hydrogen (secondary N) is 2. The molecule has 0 amide bonds. The van der Waals surface area contributed by atoms with Gasteiger partial charge in [-0.2, -0.15) is 0 Å². The first kappa shape index (κ1) is 14.0. The Kier molecular flexibility index (Phi) is 4.56. The van der Waals surface area contributed by atoms with Crippen LogP contribution in [0.15, 0.2) is 30.5 Å². The highest BCUT2D eigenvalue weighted by Crippen LogP contribution is 2.25. The highest BCUT2D eigenvalue weighted by molar-refractivity contribution is 5.91. The van der Waals surface area contributed by atoms with E-state index in [1.54, 1.807) is 12.3 Å². The van der Waals surface area contributed by atoms with Crippen LogP contribution in [0.1, 0.15) is 12.8 Å². The Labute approximate surface area is 118 Å². The van der Waals surface area contributed by atoms with E-state index in [4.69, 9.17) is 0 Å². The topological polar surface area (TPSA) is 37.0 Å². The van der Waals surface area contributed by atoms with Crippen LogP contribution in [0, 0.1) is 5.82 Å². The average Bonchev–Trinajstić information content (AvgIpc) is 2.41. The third kappa shape index (κ3) is 2.96. The van der Waals surface area contributed by atoms with Crippen LogP contribution in [0.25, 0.3) is 10.9 Å². The predicted molar refractivity (Wildman–Crippen MR) is 78.5 cm³/mol. The summed E-state index contributed by atoms with van der Waals surface area (Å²) >= 11 is 0. The van der Waals surface area contributed by atoms with Crippen molar-refractivity contribution in [3.63, 3.8) is 0 Å². The van der Waals surface area contributed by atoms with E-state index in [2.05, 4.69) is 15.6 Å². The molecule has 0 aliphatic carbocycles. The fourth-order valence-electron chi connectivity index (χ4n) is 2.45. The van der Waals surface area contributed by atoms with Crippen molar-refractivity contribution in [1.29, 1.82) is 0 Å². The molecule has 0 radical (unpaired) electrons. The summed E-state index contributed by atoms with van der Waals surface area (Å²) in [6.45, 7) is 2.07. The number of hydrogen-bond acceptors (Lipinski definition) is 3. The van der Waals surface area contributed by atoms with E-state index in [1.807, 2.05) is 12.1 Å². The highest BCUT2D eigenvalue weighted by Gasteiger charge is 2.14. The molecule has 1 aliphatic heterocycles. The quantitative estimate of drug-likeness (QED) is 0.889. The van der Waals surface area contributed by atoms with Crippen molar-refractivity contribution in [3.8, 4) is 0 Å². The van der Waals surface area contributed by atoms with Gasteiger partial charge in [-0.05, 0) is 38.1 Å². The number of fused-ring (bicyclic) bond motifs is 1. The summed E-state index contributed by atoms with van der Waals surface area (Å²) in [5.41, 5.74) is 1.42. The molecule has 0 bridgehead atoms. The number of piperidine rings is 1. The number of halogens is 2. The summed E-state index contributed by atoms with van der Waals surface area (Å²) in [5, 5.41) is 7.70. The second-order valence-corrected chi connectivity index (χ2v) is 4.66. The smallest absolute Gasteiger partial charge is 0.149 e. The first-order valence-electron chi connectivity index (χ1n) is 6.35. The molecule has 1 aromatic heterocycles. The van der Waals surface area contributed by atoms with Gasteiger partial charge in [-0.15, -0.1) is 12.4 Å². The van der Waals surface area contributed by atoms with Crippen LogP contribution in [-0.2, 0) is 0 Å². The van der Waals surface area contributed by atoms with Crippen LogP contribution < -0.4 is 10.6 Å². The number of benzene rings is 1. The molecule has 1 aliphatic rings. The van der Waals surface area contributed by atoms with Gasteiger partial charge in [0.05, 0.1) is 0 Å². The lowest BCUT2D eigenvalue weighted by atomic mass is 10.1. The summed E-state index contributed by atoms with van der Waals surface area (Å²) in [5.74, 6) is -0.263. The Hall–Kier alpha value is -1.39. The maximum absolute atomic E-state index is 13.6. The number of pyridine rings is 1. The van der Waals surface area contributed by atoms with Gasteiger partial charge >= 0.3 is 0 Å². The minimum atomic E-state index is -0.263. The second kappa shape index (κ2) is 6.17. The fraction of sp³-hybridized carbons (Fsp3) is 0.357. The van der Waals surface area contributed by atoms with Crippen molar-refractivity contribution in [3.05, 3.63) is 36.3 Å². The largest absolute Gasteiger partial charge is 0.382 e. The summed E-state index contributed by atoms with van der Waals surface area (Å²) < 4.78 is 13.6. The number of para-hydroxylation sites is 1. The Morgan fingerprint density at radius 1 is 1.21 bits per heavy atom. The Morgan fingerprint density at radius 2 is 2.00 bits per heavy atom. The van der Waals surface area contributed by atoms with E-state index in [0.29, 0.717) is 11.6 Å². The zero-order valence-electron chi connectivity index (χ0n) is 10.5. The number of anilines is 1. The molecule has 1 aromatic carbocycles. The van der Waals surface area contributed by atoms with Gasteiger partial charge in [-0.3, -0.25) is 4.98 Å². The van der Waals surface area contributed by atoms with E-state index < -0.39 is 0 Å². The maximum atomic E-state index is 13.6. The highest BCUT2D eigenvalue weighted by atomic mass is 35.5. The fourth-order valence-corrected chi connectivity index (χ4v) is 2.45. The van der Waals surface area contributed by atoms with Gasteiger partial charge < -0.3 is 10.6 Å². The summed E-state index contributed by atoms with van der Waals surface area (Å²) in [6.07, 6.45) is 3.85. The van der Waals surface area contributed by atoms with E-state index in [1.165, 1.54) is 6.07 Å². The van der Waals surface area contributed by atoms with Crippen molar-refractivity contribution in [2.75, 3.05) is 18.4 Å². The van der Waals surface area contributed by atoms with E-state index in [-0.39, 0.29) is 18.2 Å². The third-order valence-electron chi connectivity index (χ3n) is 3.42. The Morgan fingerprint density at radius 3 is 2.79 bits per heavy atom. The van der Waals surface area contributed by atoms with Crippen molar-refractivity contribution < 1.29 is 4.39 Å². The van der Waals surface area contributed by atoms with Crippen LogP contribution in [0.5, 0.6) is 0 Å². The van der Waals surface area contributed by atoms with Gasteiger partial charge in [0, 0.05) is 23.3 Å². The first-order valence-corrected chi connectivity index (χ1v) is 6.35. The molecule has 0 saturated carbocycles. The number of hydrogen-bond donors (Lipinski definition) is 2. The zero-order valence-corrected chi connectivity index (χ0v) is 11.3. The molecule has 1 fully saturated rings. The molecule has 3 rings (SSSR count). The molecule has 0 atom stereocenters. The molecule has 2 heterocycles. The second-order valence-electron chi connectivity index (χ2n) is 4.66. The molecular formula is C14H17ClFN3.